The summed E-state index contributed by atoms with van der Waals surface area (Å²) in [5.41, 5.74) is 4.39. The number of para-hydroxylation sites is 1. The highest BCUT2D eigenvalue weighted by molar-refractivity contribution is 6.23. The number of ketones is 1. The van der Waals surface area contributed by atoms with E-state index in [2.05, 4.69) is 30.4 Å². The van der Waals surface area contributed by atoms with Gasteiger partial charge in [0.25, 0.3) is 5.91 Å². The molecule has 0 saturated carbocycles. The van der Waals surface area contributed by atoms with Crippen molar-refractivity contribution < 1.29 is 9.59 Å². The molecule has 0 atom stereocenters. The third-order valence-electron chi connectivity index (χ3n) is 4.33. The van der Waals surface area contributed by atoms with Crippen molar-refractivity contribution in [1.82, 2.24) is 0 Å². The SMILES string of the molecule is CC(=O)C(=CN1CCCc2cc(C)ccc21)C(=O)Nc1ccccc1. The van der Waals surface area contributed by atoms with Crippen molar-refractivity contribution in [3.63, 3.8) is 0 Å². The van der Waals surface area contributed by atoms with Gasteiger partial charge in [0.1, 0.15) is 0 Å². The summed E-state index contributed by atoms with van der Waals surface area (Å²) in [7, 11) is 0. The Labute approximate surface area is 148 Å². The fraction of sp³-hybridized carbons (Fsp3) is 0.238. The van der Waals surface area contributed by atoms with E-state index in [4.69, 9.17) is 0 Å². The van der Waals surface area contributed by atoms with Crippen molar-refractivity contribution in [1.29, 1.82) is 0 Å². The molecule has 1 heterocycles. The van der Waals surface area contributed by atoms with E-state index in [0.29, 0.717) is 5.69 Å². The van der Waals surface area contributed by atoms with Gasteiger partial charge in [0, 0.05) is 24.1 Å². The number of rotatable bonds is 4. The van der Waals surface area contributed by atoms with Crippen molar-refractivity contribution >= 4 is 23.1 Å². The summed E-state index contributed by atoms with van der Waals surface area (Å²) >= 11 is 0. The first-order chi connectivity index (χ1) is 12.0. The highest BCUT2D eigenvalue weighted by Crippen LogP contribution is 2.28. The molecule has 3 rings (SSSR count). The first-order valence-electron chi connectivity index (χ1n) is 8.50. The van der Waals surface area contributed by atoms with Crippen molar-refractivity contribution in [3.8, 4) is 0 Å². The summed E-state index contributed by atoms with van der Waals surface area (Å²) in [5.74, 6) is -0.620. The molecule has 128 valence electrons. The molecule has 2 aromatic rings. The summed E-state index contributed by atoms with van der Waals surface area (Å²) in [6.45, 7) is 4.30. The standard InChI is InChI=1S/C21H22N2O2/c1-15-10-11-20-17(13-15)7-6-12-23(20)14-19(16(2)24)21(25)22-18-8-4-3-5-9-18/h3-5,8-11,13-14H,6-7,12H2,1-2H3,(H,22,25). The van der Waals surface area contributed by atoms with E-state index in [1.807, 2.05) is 23.1 Å². The van der Waals surface area contributed by atoms with E-state index in [-0.39, 0.29) is 17.3 Å². The zero-order chi connectivity index (χ0) is 17.8. The molecule has 0 aliphatic carbocycles. The second kappa shape index (κ2) is 7.34. The maximum absolute atomic E-state index is 12.6. The van der Waals surface area contributed by atoms with Gasteiger partial charge in [0.2, 0.25) is 0 Å². The Morgan fingerprint density at radius 2 is 1.88 bits per heavy atom. The molecule has 0 bridgehead atoms. The number of nitrogens with zero attached hydrogens (tertiary/aromatic N) is 1. The first kappa shape index (κ1) is 17.0. The van der Waals surface area contributed by atoms with Crippen molar-refractivity contribution in [3.05, 3.63) is 71.4 Å². The van der Waals surface area contributed by atoms with Gasteiger partial charge >= 0.3 is 0 Å². The van der Waals surface area contributed by atoms with Crippen molar-refractivity contribution in [2.45, 2.75) is 26.7 Å². The lowest BCUT2D eigenvalue weighted by Crippen LogP contribution is -2.28. The predicted octanol–water partition coefficient (Wildman–Crippen LogP) is 3.86. The molecule has 0 radical (unpaired) electrons. The first-order valence-corrected chi connectivity index (χ1v) is 8.50. The molecule has 1 N–H and O–H groups in total. The third-order valence-corrected chi connectivity index (χ3v) is 4.33. The Balaban J connectivity index is 1.89. The van der Waals surface area contributed by atoms with Crippen LogP contribution < -0.4 is 10.2 Å². The lowest BCUT2D eigenvalue weighted by molar-refractivity contribution is -0.118. The van der Waals surface area contributed by atoms with Crippen LogP contribution >= 0.6 is 0 Å². The molecule has 1 amide bonds. The number of hydrogen-bond acceptors (Lipinski definition) is 3. The van der Waals surface area contributed by atoms with Crippen LogP contribution in [0.2, 0.25) is 0 Å². The van der Waals surface area contributed by atoms with E-state index in [1.54, 1.807) is 18.3 Å². The van der Waals surface area contributed by atoms with Gasteiger partial charge in [-0.15, -0.1) is 0 Å². The van der Waals surface area contributed by atoms with Gasteiger partial charge in [0.05, 0.1) is 5.57 Å². The monoisotopic (exact) mass is 334 g/mol. The van der Waals surface area contributed by atoms with Gasteiger partial charge in [-0.25, -0.2) is 0 Å². The minimum Gasteiger partial charge on any atom is -0.347 e. The highest BCUT2D eigenvalue weighted by atomic mass is 16.2. The number of carbonyl (C=O) groups is 2. The molecule has 2 aromatic carbocycles. The van der Waals surface area contributed by atoms with Crippen LogP contribution in [0.25, 0.3) is 0 Å². The Kier molecular flexibility index (Phi) is 4.98. The van der Waals surface area contributed by atoms with Crippen molar-refractivity contribution in [2.24, 2.45) is 0 Å². The number of benzene rings is 2. The number of nitrogens with one attached hydrogen (secondary N) is 1. The van der Waals surface area contributed by atoms with E-state index < -0.39 is 0 Å². The largest absolute Gasteiger partial charge is 0.347 e. The van der Waals surface area contributed by atoms with E-state index >= 15 is 0 Å². The van der Waals surface area contributed by atoms with E-state index in [0.717, 1.165) is 25.1 Å². The lowest BCUT2D eigenvalue weighted by atomic mass is 9.99. The lowest BCUT2D eigenvalue weighted by Gasteiger charge is -2.29. The van der Waals surface area contributed by atoms with Gasteiger partial charge in [-0.3, -0.25) is 9.59 Å². The predicted molar refractivity (Wildman–Crippen MR) is 101 cm³/mol. The van der Waals surface area contributed by atoms with Crippen LogP contribution in [0.15, 0.2) is 60.3 Å². The topological polar surface area (TPSA) is 49.4 Å². The normalized spacial score (nSPS) is 14.0. The number of carbonyl (C=O) groups excluding carboxylic acids is 2. The van der Waals surface area contributed by atoms with Crippen LogP contribution in [0.1, 0.15) is 24.5 Å². The van der Waals surface area contributed by atoms with Gasteiger partial charge in [-0.2, -0.15) is 0 Å². The fourth-order valence-electron chi connectivity index (χ4n) is 3.07. The zero-order valence-corrected chi connectivity index (χ0v) is 14.6. The van der Waals surface area contributed by atoms with Gasteiger partial charge in [-0.1, -0.05) is 35.9 Å². The molecule has 0 spiro atoms. The van der Waals surface area contributed by atoms with E-state index in [9.17, 15) is 9.59 Å². The molecule has 0 saturated heterocycles. The Morgan fingerprint density at radius 3 is 2.60 bits per heavy atom. The summed E-state index contributed by atoms with van der Waals surface area (Å²) in [6, 6.07) is 15.5. The van der Waals surface area contributed by atoms with Gasteiger partial charge in [-0.05, 0) is 50.5 Å². The molecular formula is C21H22N2O2. The molecule has 0 fully saturated rings. The van der Waals surface area contributed by atoms with E-state index in [1.165, 1.54) is 18.1 Å². The van der Waals surface area contributed by atoms with Crippen LogP contribution in [-0.2, 0) is 16.0 Å². The average molecular weight is 334 g/mol. The number of anilines is 2. The molecule has 4 nitrogen and oxygen atoms in total. The average Bonchev–Trinajstić information content (AvgIpc) is 2.59. The van der Waals surface area contributed by atoms with Gasteiger partial charge in [0.15, 0.2) is 5.78 Å². The van der Waals surface area contributed by atoms with Crippen LogP contribution in [0.5, 0.6) is 0 Å². The maximum Gasteiger partial charge on any atom is 0.260 e. The number of Topliss-reactive ketones (excluding diaryl/α,β-unsaturated/α-hetero) is 1. The number of fused-ring (bicyclic) bond motifs is 1. The van der Waals surface area contributed by atoms with Crippen LogP contribution in [-0.4, -0.2) is 18.2 Å². The zero-order valence-electron chi connectivity index (χ0n) is 14.6. The minimum atomic E-state index is -0.377. The molecule has 0 unspecified atom stereocenters. The third kappa shape index (κ3) is 3.97. The number of hydrogen-bond donors (Lipinski definition) is 1. The highest BCUT2D eigenvalue weighted by Gasteiger charge is 2.20. The second-order valence-electron chi connectivity index (χ2n) is 6.35. The molecule has 4 heteroatoms. The quantitative estimate of drug-likeness (QED) is 0.525. The Bertz CT molecular complexity index is 825. The fourth-order valence-corrected chi connectivity index (χ4v) is 3.07. The van der Waals surface area contributed by atoms with Crippen LogP contribution in [0, 0.1) is 6.92 Å². The molecule has 25 heavy (non-hydrogen) atoms. The second-order valence-corrected chi connectivity index (χ2v) is 6.35. The summed E-state index contributed by atoms with van der Waals surface area (Å²) in [5, 5.41) is 2.79. The minimum absolute atomic E-state index is 0.164. The molecule has 0 aromatic heterocycles. The summed E-state index contributed by atoms with van der Waals surface area (Å²) in [6.07, 6.45) is 3.71. The smallest absolute Gasteiger partial charge is 0.260 e. The molecule has 1 aliphatic heterocycles. The van der Waals surface area contributed by atoms with Crippen LogP contribution in [0.3, 0.4) is 0 Å². The van der Waals surface area contributed by atoms with Crippen LogP contribution in [0.4, 0.5) is 11.4 Å². The van der Waals surface area contributed by atoms with Crippen molar-refractivity contribution in [2.75, 3.05) is 16.8 Å². The number of aryl methyl sites for hydroxylation is 2. The maximum atomic E-state index is 12.6. The molecule has 1 aliphatic rings. The summed E-state index contributed by atoms with van der Waals surface area (Å²) in [4.78, 5) is 26.6. The van der Waals surface area contributed by atoms with Gasteiger partial charge < -0.3 is 10.2 Å². The Hall–Kier alpha value is -2.88. The Morgan fingerprint density at radius 1 is 1.12 bits per heavy atom. The summed E-state index contributed by atoms with van der Waals surface area (Å²) < 4.78 is 0. The number of amides is 1. The molecular weight excluding hydrogens is 312 g/mol.